The van der Waals surface area contributed by atoms with Crippen molar-refractivity contribution in [1.82, 2.24) is 16.1 Å². The van der Waals surface area contributed by atoms with Crippen molar-refractivity contribution in [3.05, 3.63) is 29.6 Å². The third-order valence-electron chi connectivity index (χ3n) is 3.55. The van der Waals surface area contributed by atoms with Gasteiger partial charge in [-0.25, -0.2) is 9.18 Å². The molecule has 0 bridgehead atoms. The van der Waals surface area contributed by atoms with Gasteiger partial charge in [-0.1, -0.05) is 0 Å². The van der Waals surface area contributed by atoms with Gasteiger partial charge in [-0.2, -0.15) is 18.7 Å². The second-order valence-electron chi connectivity index (χ2n) is 7.64. The zero-order chi connectivity index (χ0) is 25.2. The molecule has 1 unspecified atom stereocenters. The lowest BCUT2D eigenvalue weighted by atomic mass is 10.1. The summed E-state index contributed by atoms with van der Waals surface area (Å²) in [4.78, 5) is 39.7. The molecule has 1 atom stereocenters. The summed E-state index contributed by atoms with van der Waals surface area (Å²) in [7, 11) is 0. The molecule has 14 heteroatoms. The summed E-state index contributed by atoms with van der Waals surface area (Å²) in [5.74, 6) is -2.33. The quantitative estimate of drug-likeness (QED) is 0.148. The fourth-order valence-corrected chi connectivity index (χ4v) is 2.14. The number of alkyl halides is 3. The Bertz CT molecular complexity index is 829. The third-order valence-corrected chi connectivity index (χ3v) is 3.55. The average Bonchev–Trinajstić information content (AvgIpc) is 2.67. The number of aliphatic hydroxyl groups is 1. The summed E-state index contributed by atoms with van der Waals surface area (Å²) >= 11 is 0. The Morgan fingerprint density at radius 3 is 2.33 bits per heavy atom. The van der Waals surface area contributed by atoms with Gasteiger partial charge >= 0.3 is 12.3 Å². The number of halogens is 4. The van der Waals surface area contributed by atoms with Crippen molar-refractivity contribution in [3.8, 4) is 0 Å². The number of aliphatic hydroxyl groups excluding tert-OH is 1. The van der Waals surface area contributed by atoms with Crippen LogP contribution in [-0.2, 0) is 14.4 Å². The molecule has 0 aliphatic carbocycles. The van der Waals surface area contributed by atoms with E-state index in [0.717, 1.165) is 18.2 Å². The van der Waals surface area contributed by atoms with Crippen LogP contribution in [0, 0.1) is 5.82 Å². The lowest BCUT2D eigenvalue weighted by Gasteiger charge is -2.19. The van der Waals surface area contributed by atoms with Crippen LogP contribution >= 0.6 is 0 Å². The monoisotopic (exact) mass is 482 g/mol. The first-order chi connectivity index (χ1) is 15.2. The van der Waals surface area contributed by atoms with Gasteiger partial charge in [0.1, 0.15) is 11.4 Å². The predicted octanol–water partition coefficient (Wildman–Crippen LogP) is 1.81. The zero-order valence-electron chi connectivity index (χ0n) is 18.1. The summed E-state index contributed by atoms with van der Waals surface area (Å²) in [6, 6.07) is 2.68. The molecule has 0 saturated heterocycles. The van der Waals surface area contributed by atoms with E-state index in [9.17, 15) is 31.9 Å². The maximum Gasteiger partial charge on any atom is 0.433 e. The number of amides is 3. The number of carbonyl (C=O) groups excluding carboxylic acids is 3. The van der Waals surface area contributed by atoms with Crippen LogP contribution in [0.15, 0.2) is 18.2 Å². The van der Waals surface area contributed by atoms with Gasteiger partial charge < -0.3 is 25.8 Å². The van der Waals surface area contributed by atoms with Gasteiger partial charge in [0.15, 0.2) is 6.61 Å². The number of ether oxygens (including phenoxy) is 1. The molecule has 5 N–H and O–H groups in total. The molecule has 0 spiro atoms. The van der Waals surface area contributed by atoms with Crippen molar-refractivity contribution >= 4 is 23.6 Å². The number of anilines is 1. The number of carbonyl (C=O) groups is 3. The van der Waals surface area contributed by atoms with Crippen molar-refractivity contribution in [2.24, 2.45) is 0 Å². The van der Waals surface area contributed by atoms with Crippen molar-refractivity contribution in [2.45, 2.75) is 45.2 Å². The van der Waals surface area contributed by atoms with Crippen LogP contribution in [-0.4, -0.2) is 60.7 Å². The van der Waals surface area contributed by atoms with E-state index in [1.807, 2.05) is 5.48 Å². The summed E-state index contributed by atoms with van der Waals surface area (Å²) in [5.41, 5.74) is 0.384. The van der Waals surface area contributed by atoms with Gasteiger partial charge in [0.05, 0.1) is 5.69 Å². The summed E-state index contributed by atoms with van der Waals surface area (Å²) in [6.07, 6.45) is -8.59. The highest BCUT2D eigenvalue weighted by Gasteiger charge is 2.38. The fraction of sp³-hybridized carbons (Fsp3) is 0.526. The minimum atomic E-state index is -5.02. The van der Waals surface area contributed by atoms with Gasteiger partial charge in [0.2, 0.25) is 12.1 Å². The van der Waals surface area contributed by atoms with Crippen molar-refractivity contribution in [3.63, 3.8) is 0 Å². The van der Waals surface area contributed by atoms with Crippen LogP contribution in [0.25, 0.3) is 0 Å². The molecule has 0 fully saturated rings. The van der Waals surface area contributed by atoms with Crippen molar-refractivity contribution in [1.29, 1.82) is 0 Å². The summed E-state index contributed by atoms with van der Waals surface area (Å²) in [6.45, 7) is 4.72. The van der Waals surface area contributed by atoms with Gasteiger partial charge in [-0.05, 0) is 45.4 Å². The Hall–Kier alpha value is -3.13. The molecule has 1 rings (SSSR count). The molecule has 3 amide bonds. The standard InChI is InChI=1S/C19H26F4N4O6/c1-18(2,3)33-17(31)27-32-10-14(28)24-7-4-8-25-15(29)11-5-6-12(20)13(9-11)26-16(30)19(21,22)23/h5-6,9,16,26,30H,4,7-8,10H2,1-3H3,(H,24,28)(H,25,29)(H,27,31). The van der Waals surface area contributed by atoms with Crippen LogP contribution in [0.1, 0.15) is 37.6 Å². The third kappa shape index (κ3) is 11.3. The molecule has 0 heterocycles. The summed E-state index contributed by atoms with van der Waals surface area (Å²) < 4.78 is 55.8. The van der Waals surface area contributed by atoms with E-state index >= 15 is 0 Å². The highest BCUT2D eigenvalue weighted by molar-refractivity contribution is 5.95. The number of hydrogen-bond acceptors (Lipinski definition) is 7. The molecule has 0 aliphatic heterocycles. The van der Waals surface area contributed by atoms with E-state index in [4.69, 9.17) is 14.7 Å². The second kappa shape index (κ2) is 12.2. The van der Waals surface area contributed by atoms with Gasteiger partial charge in [-0.3, -0.25) is 14.4 Å². The van der Waals surface area contributed by atoms with Crippen LogP contribution in [0.3, 0.4) is 0 Å². The molecule has 0 aliphatic rings. The molecule has 0 saturated carbocycles. The minimum Gasteiger partial charge on any atom is -0.442 e. The normalized spacial score (nSPS) is 12.5. The highest BCUT2D eigenvalue weighted by Crippen LogP contribution is 2.24. The van der Waals surface area contributed by atoms with Crippen LogP contribution in [0.2, 0.25) is 0 Å². The predicted molar refractivity (Wildman–Crippen MR) is 107 cm³/mol. The van der Waals surface area contributed by atoms with Gasteiger partial charge in [-0.15, -0.1) is 0 Å². The smallest absolute Gasteiger partial charge is 0.433 e. The maximum atomic E-state index is 13.7. The first kappa shape index (κ1) is 27.9. The van der Waals surface area contributed by atoms with E-state index in [1.165, 1.54) is 0 Å². The van der Waals surface area contributed by atoms with E-state index in [0.29, 0.717) is 0 Å². The first-order valence-electron chi connectivity index (χ1n) is 9.65. The van der Waals surface area contributed by atoms with Crippen LogP contribution in [0.4, 0.5) is 28.0 Å². The van der Waals surface area contributed by atoms with E-state index in [2.05, 4.69) is 10.6 Å². The second-order valence-corrected chi connectivity index (χ2v) is 7.64. The molecular weight excluding hydrogens is 456 g/mol. The molecule has 10 nitrogen and oxygen atoms in total. The van der Waals surface area contributed by atoms with Gasteiger partial charge in [0.25, 0.3) is 5.91 Å². The minimum absolute atomic E-state index is 0.0848. The van der Waals surface area contributed by atoms with Crippen molar-refractivity contribution < 1.29 is 46.6 Å². The summed E-state index contributed by atoms with van der Waals surface area (Å²) in [5, 5.41) is 15.5. The Labute approximate surface area is 186 Å². The number of benzene rings is 1. The van der Waals surface area contributed by atoms with E-state index < -0.39 is 54.0 Å². The Kier molecular flexibility index (Phi) is 10.3. The number of hydrogen-bond donors (Lipinski definition) is 5. The maximum absolute atomic E-state index is 13.7. The molecule has 0 radical (unpaired) electrons. The molecule has 33 heavy (non-hydrogen) atoms. The molecule has 1 aromatic rings. The Morgan fingerprint density at radius 1 is 1.09 bits per heavy atom. The topological polar surface area (TPSA) is 138 Å². The highest BCUT2D eigenvalue weighted by atomic mass is 19.4. The van der Waals surface area contributed by atoms with Crippen molar-refractivity contribution in [2.75, 3.05) is 25.0 Å². The first-order valence-corrected chi connectivity index (χ1v) is 9.65. The average molecular weight is 482 g/mol. The number of nitrogens with one attached hydrogen (secondary N) is 4. The Balaban J connectivity index is 2.34. The zero-order valence-corrected chi connectivity index (χ0v) is 18.1. The fourth-order valence-electron chi connectivity index (χ4n) is 2.14. The van der Waals surface area contributed by atoms with Crippen LogP contribution in [0.5, 0.6) is 0 Å². The largest absolute Gasteiger partial charge is 0.442 e. The SMILES string of the molecule is CC(C)(C)OC(=O)NOCC(=O)NCCCNC(=O)c1ccc(F)c(NC(O)C(F)(F)F)c1. The molecule has 186 valence electrons. The lowest BCUT2D eigenvalue weighted by molar-refractivity contribution is -0.194. The van der Waals surface area contributed by atoms with E-state index in [1.54, 1.807) is 26.1 Å². The van der Waals surface area contributed by atoms with E-state index in [-0.39, 0.29) is 25.1 Å². The molecule has 1 aromatic carbocycles. The molecule has 0 aromatic heterocycles. The Morgan fingerprint density at radius 2 is 1.73 bits per heavy atom. The van der Waals surface area contributed by atoms with Crippen LogP contribution < -0.4 is 21.4 Å². The lowest BCUT2D eigenvalue weighted by Crippen LogP contribution is -2.37. The number of rotatable bonds is 10. The molecular formula is C19H26F4N4O6. The number of hydroxylamine groups is 1. The van der Waals surface area contributed by atoms with Gasteiger partial charge in [0, 0.05) is 18.7 Å².